The lowest BCUT2D eigenvalue weighted by Crippen LogP contribution is -2.51. The molecule has 0 bridgehead atoms. The predicted octanol–water partition coefficient (Wildman–Crippen LogP) is 1.90. The Morgan fingerprint density at radius 3 is 2.44 bits per heavy atom. The summed E-state index contributed by atoms with van der Waals surface area (Å²) in [6.07, 6.45) is 1.54. The van der Waals surface area contributed by atoms with Gasteiger partial charge in [0.05, 0.1) is 11.4 Å². The second-order valence-corrected chi connectivity index (χ2v) is 8.83. The number of hydrogen-bond donors (Lipinski definition) is 2. The minimum Gasteiger partial charge on any atom is -0.323 e. The maximum atomic E-state index is 13.3. The zero-order chi connectivity index (χ0) is 24.0. The van der Waals surface area contributed by atoms with Gasteiger partial charge in [0.1, 0.15) is 17.8 Å². The normalized spacial score (nSPS) is 19.3. The monoisotopic (exact) mass is 459 g/mol. The van der Waals surface area contributed by atoms with Gasteiger partial charge in [-0.2, -0.15) is 0 Å². The van der Waals surface area contributed by atoms with E-state index in [2.05, 4.69) is 10.6 Å². The summed E-state index contributed by atoms with van der Waals surface area (Å²) in [6, 6.07) is 16.3. The molecule has 5 rings (SSSR count). The number of fused-ring (bicyclic) bond motifs is 1. The average Bonchev–Trinajstić information content (AvgIpc) is 3.18. The summed E-state index contributed by atoms with van der Waals surface area (Å²) in [5.41, 5.74) is 2.10. The van der Waals surface area contributed by atoms with Gasteiger partial charge in [0.2, 0.25) is 5.91 Å². The van der Waals surface area contributed by atoms with Gasteiger partial charge in [0, 0.05) is 13.5 Å². The lowest BCUT2D eigenvalue weighted by atomic mass is 9.78. The second-order valence-electron chi connectivity index (χ2n) is 8.83. The maximum absolute atomic E-state index is 13.3. The summed E-state index contributed by atoms with van der Waals surface area (Å²) in [7, 11) is 1.72. The van der Waals surface area contributed by atoms with E-state index in [0.29, 0.717) is 30.6 Å². The van der Waals surface area contributed by atoms with Crippen LogP contribution in [0.3, 0.4) is 0 Å². The first kappa shape index (κ1) is 21.7. The number of carbonyl (C=O) groups excluding carboxylic acids is 3. The molecular formula is C25H25N5O4. The minimum absolute atomic E-state index is 0.115. The highest BCUT2D eigenvalue weighted by Crippen LogP contribution is 2.33. The Hall–Kier alpha value is -4.14. The van der Waals surface area contributed by atoms with E-state index < -0.39 is 35.5 Å². The Labute approximate surface area is 196 Å². The Balaban J connectivity index is 1.35. The van der Waals surface area contributed by atoms with Crippen LogP contribution in [0.1, 0.15) is 23.2 Å². The summed E-state index contributed by atoms with van der Waals surface area (Å²) >= 11 is 0. The number of nitrogens with zero attached hydrogens (tertiary/aromatic N) is 3. The van der Waals surface area contributed by atoms with Crippen LogP contribution in [-0.4, -0.2) is 44.2 Å². The highest BCUT2D eigenvalue weighted by atomic mass is 16.2. The topological polar surface area (TPSA) is 105 Å². The molecule has 2 aromatic carbocycles. The third kappa shape index (κ3) is 3.40. The molecule has 1 aliphatic carbocycles. The van der Waals surface area contributed by atoms with Gasteiger partial charge in [-0.05, 0) is 43.0 Å². The fourth-order valence-corrected chi connectivity index (χ4v) is 4.88. The number of aryl methyl sites for hydroxylation is 1. The standard InChI is InChI=1S/C25H25N5O4/c1-16-21(22(32)30(28(16)2)19-10-4-3-5-11-19)26-20(31)15-29-23(33)25(27-24(29)34)13-12-17-8-6-7-9-18(17)14-25/h3-11H,12-15H2,1-2H3,(H,26,31)(H,27,34)/t25-/m0/s1. The maximum Gasteiger partial charge on any atom is 0.325 e. The highest BCUT2D eigenvalue weighted by Gasteiger charge is 2.52. The van der Waals surface area contributed by atoms with Gasteiger partial charge in [-0.3, -0.25) is 24.0 Å². The molecule has 9 nitrogen and oxygen atoms in total. The number of amides is 4. The number of imide groups is 1. The molecule has 2 aliphatic rings. The molecule has 174 valence electrons. The molecule has 1 atom stereocenters. The van der Waals surface area contributed by atoms with Crippen molar-refractivity contribution < 1.29 is 14.4 Å². The fourth-order valence-electron chi connectivity index (χ4n) is 4.88. The Morgan fingerprint density at radius 2 is 1.71 bits per heavy atom. The van der Waals surface area contributed by atoms with Crippen molar-refractivity contribution in [1.29, 1.82) is 0 Å². The molecule has 1 spiro atoms. The molecule has 1 fully saturated rings. The highest BCUT2D eigenvalue weighted by molar-refractivity contribution is 6.10. The summed E-state index contributed by atoms with van der Waals surface area (Å²) in [5.74, 6) is -1.02. The molecule has 1 aromatic heterocycles. The van der Waals surface area contributed by atoms with Crippen LogP contribution in [0, 0.1) is 6.92 Å². The summed E-state index contributed by atoms with van der Waals surface area (Å²) in [5, 5.41) is 5.44. The van der Waals surface area contributed by atoms with E-state index in [-0.39, 0.29) is 5.69 Å². The number of nitrogens with one attached hydrogen (secondary N) is 2. The molecule has 4 amide bonds. The Bertz CT molecular complexity index is 1370. The second kappa shape index (κ2) is 8.02. The number of benzene rings is 2. The van der Waals surface area contributed by atoms with Crippen LogP contribution in [0.15, 0.2) is 59.4 Å². The molecule has 0 radical (unpaired) electrons. The van der Waals surface area contributed by atoms with Gasteiger partial charge < -0.3 is 10.6 Å². The molecule has 0 saturated carbocycles. The van der Waals surface area contributed by atoms with Crippen molar-refractivity contribution in [2.75, 3.05) is 11.9 Å². The molecule has 9 heteroatoms. The van der Waals surface area contributed by atoms with Crippen LogP contribution in [0.25, 0.3) is 5.69 Å². The van der Waals surface area contributed by atoms with E-state index in [9.17, 15) is 19.2 Å². The van der Waals surface area contributed by atoms with E-state index >= 15 is 0 Å². The van der Waals surface area contributed by atoms with Gasteiger partial charge in [-0.15, -0.1) is 0 Å². The van der Waals surface area contributed by atoms with Gasteiger partial charge in [-0.1, -0.05) is 42.5 Å². The van der Waals surface area contributed by atoms with Crippen LogP contribution in [0.2, 0.25) is 0 Å². The smallest absolute Gasteiger partial charge is 0.323 e. The lowest BCUT2D eigenvalue weighted by molar-refractivity contribution is -0.134. The van der Waals surface area contributed by atoms with Gasteiger partial charge in [-0.25, -0.2) is 9.48 Å². The van der Waals surface area contributed by atoms with Gasteiger partial charge in [0.25, 0.3) is 11.5 Å². The predicted molar refractivity (Wildman–Crippen MR) is 126 cm³/mol. The van der Waals surface area contributed by atoms with E-state index in [1.165, 1.54) is 10.2 Å². The van der Waals surface area contributed by atoms with Crippen LogP contribution in [-0.2, 0) is 29.5 Å². The number of para-hydroxylation sites is 1. The SMILES string of the molecule is Cc1c(NC(=O)CN2C(=O)N[C@]3(CCc4ccccc4C3)C2=O)c(=O)n(-c2ccccc2)n1C. The number of anilines is 1. The Morgan fingerprint density at radius 1 is 1.03 bits per heavy atom. The number of urea groups is 1. The Kier molecular flexibility index (Phi) is 5.11. The first-order chi connectivity index (χ1) is 16.3. The minimum atomic E-state index is -1.03. The molecular weight excluding hydrogens is 434 g/mol. The van der Waals surface area contributed by atoms with Crippen molar-refractivity contribution >= 4 is 23.5 Å². The van der Waals surface area contributed by atoms with E-state index in [0.717, 1.165) is 10.5 Å². The number of carbonyl (C=O) groups is 3. The molecule has 3 aromatic rings. The van der Waals surface area contributed by atoms with Crippen molar-refractivity contribution in [3.63, 3.8) is 0 Å². The van der Waals surface area contributed by atoms with Crippen LogP contribution >= 0.6 is 0 Å². The quantitative estimate of drug-likeness (QED) is 0.582. The summed E-state index contributed by atoms with van der Waals surface area (Å²) in [6.45, 7) is 1.26. The molecule has 0 unspecified atom stereocenters. The number of aromatic nitrogens is 2. The van der Waals surface area contributed by atoms with Crippen LogP contribution in [0.4, 0.5) is 10.5 Å². The largest absolute Gasteiger partial charge is 0.325 e. The zero-order valence-electron chi connectivity index (χ0n) is 19.0. The lowest BCUT2D eigenvalue weighted by Gasteiger charge is -2.32. The third-order valence-electron chi connectivity index (χ3n) is 6.80. The average molecular weight is 460 g/mol. The zero-order valence-corrected chi connectivity index (χ0v) is 19.0. The van der Waals surface area contributed by atoms with Crippen molar-refractivity contribution in [2.24, 2.45) is 7.05 Å². The number of rotatable bonds is 4. The van der Waals surface area contributed by atoms with Gasteiger partial charge in [0.15, 0.2) is 0 Å². The van der Waals surface area contributed by atoms with E-state index in [1.54, 1.807) is 30.8 Å². The molecule has 2 heterocycles. The van der Waals surface area contributed by atoms with E-state index in [4.69, 9.17) is 0 Å². The summed E-state index contributed by atoms with van der Waals surface area (Å²) < 4.78 is 3.10. The number of hydrogen-bond acceptors (Lipinski definition) is 4. The van der Waals surface area contributed by atoms with Crippen molar-refractivity contribution in [2.45, 2.75) is 31.7 Å². The van der Waals surface area contributed by atoms with Crippen LogP contribution in [0.5, 0.6) is 0 Å². The van der Waals surface area contributed by atoms with Gasteiger partial charge >= 0.3 is 6.03 Å². The summed E-state index contributed by atoms with van der Waals surface area (Å²) in [4.78, 5) is 52.8. The first-order valence-corrected chi connectivity index (χ1v) is 11.2. The molecule has 34 heavy (non-hydrogen) atoms. The molecule has 2 N–H and O–H groups in total. The molecule has 1 aliphatic heterocycles. The fraction of sp³-hybridized carbons (Fsp3) is 0.280. The first-order valence-electron chi connectivity index (χ1n) is 11.2. The van der Waals surface area contributed by atoms with Crippen molar-refractivity contribution in [3.8, 4) is 5.69 Å². The van der Waals surface area contributed by atoms with Crippen LogP contribution < -0.4 is 16.2 Å². The third-order valence-corrected chi connectivity index (χ3v) is 6.80. The molecule has 1 saturated heterocycles. The van der Waals surface area contributed by atoms with Crippen molar-refractivity contribution in [1.82, 2.24) is 19.6 Å². The van der Waals surface area contributed by atoms with E-state index in [1.807, 2.05) is 42.5 Å². The van der Waals surface area contributed by atoms with Crippen molar-refractivity contribution in [3.05, 3.63) is 81.8 Å².